The number of hydrogen-bond acceptors (Lipinski definition) is 4. The molecular weight excluding hydrogens is 416 g/mol. The van der Waals surface area contributed by atoms with Gasteiger partial charge in [-0.05, 0) is 42.0 Å². The SMILES string of the molecule is CC(C)CCc1[nH]c2ccccc2c1C1C(=O)C(=O)C(c2c[nH]c3ccccc23)C(=O)C1=O. The van der Waals surface area contributed by atoms with Crippen LogP contribution in [-0.4, -0.2) is 33.1 Å². The van der Waals surface area contributed by atoms with E-state index in [2.05, 4.69) is 23.8 Å². The van der Waals surface area contributed by atoms with Gasteiger partial charge in [-0.25, -0.2) is 0 Å². The van der Waals surface area contributed by atoms with Crippen LogP contribution in [0.15, 0.2) is 54.7 Å². The minimum Gasteiger partial charge on any atom is -0.361 e. The van der Waals surface area contributed by atoms with Crippen LogP contribution in [0.5, 0.6) is 0 Å². The van der Waals surface area contributed by atoms with E-state index in [4.69, 9.17) is 0 Å². The molecule has 4 aromatic rings. The quantitative estimate of drug-likeness (QED) is 0.355. The van der Waals surface area contributed by atoms with Crippen LogP contribution in [0.4, 0.5) is 0 Å². The van der Waals surface area contributed by atoms with E-state index in [9.17, 15) is 19.2 Å². The number of carbonyl (C=O) groups excluding carboxylic acids is 4. The largest absolute Gasteiger partial charge is 0.361 e. The zero-order valence-corrected chi connectivity index (χ0v) is 18.5. The molecule has 0 saturated heterocycles. The molecule has 0 unspecified atom stereocenters. The fourth-order valence-corrected chi connectivity index (χ4v) is 4.86. The zero-order valence-electron chi connectivity index (χ0n) is 18.5. The van der Waals surface area contributed by atoms with Crippen molar-refractivity contribution in [3.8, 4) is 0 Å². The third-order valence-corrected chi connectivity index (χ3v) is 6.55. The van der Waals surface area contributed by atoms with Gasteiger partial charge in [0.2, 0.25) is 23.1 Å². The van der Waals surface area contributed by atoms with Gasteiger partial charge in [0.15, 0.2) is 0 Å². The van der Waals surface area contributed by atoms with Crippen LogP contribution in [0, 0.1) is 5.92 Å². The summed E-state index contributed by atoms with van der Waals surface area (Å²) in [7, 11) is 0. The van der Waals surface area contributed by atoms with Crippen LogP contribution in [0.1, 0.15) is 48.9 Å². The van der Waals surface area contributed by atoms with Gasteiger partial charge < -0.3 is 9.97 Å². The number of ketones is 4. The minimum atomic E-state index is -1.40. The molecule has 0 spiro atoms. The molecule has 166 valence electrons. The second-order valence-electron chi connectivity index (χ2n) is 9.11. The lowest BCUT2D eigenvalue weighted by Crippen LogP contribution is -2.46. The van der Waals surface area contributed by atoms with Gasteiger partial charge >= 0.3 is 0 Å². The number of rotatable bonds is 5. The summed E-state index contributed by atoms with van der Waals surface area (Å²) >= 11 is 0. The number of aromatic amines is 2. The molecular formula is C27H24N2O4. The molecule has 0 atom stereocenters. The monoisotopic (exact) mass is 440 g/mol. The van der Waals surface area contributed by atoms with E-state index >= 15 is 0 Å². The summed E-state index contributed by atoms with van der Waals surface area (Å²) in [5.41, 5.74) is 3.11. The Bertz CT molecular complexity index is 1410. The van der Waals surface area contributed by atoms with Crippen LogP contribution in [0.3, 0.4) is 0 Å². The number of para-hydroxylation sites is 2. The van der Waals surface area contributed by atoms with Crippen LogP contribution in [0.25, 0.3) is 21.8 Å². The van der Waals surface area contributed by atoms with Gasteiger partial charge in [-0.15, -0.1) is 0 Å². The number of aromatic nitrogens is 2. The summed E-state index contributed by atoms with van der Waals surface area (Å²) < 4.78 is 0. The molecule has 1 fully saturated rings. The number of nitrogens with one attached hydrogen (secondary N) is 2. The molecule has 2 aromatic heterocycles. The van der Waals surface area contributed by atoms with Crippen LogP contribution in [0.2, 0.25) is 0 Å². The number of carbonyl (C=O) groups is 4. The topological polar surface area (TPSA) is 99.9 Å². The number of Topliss-reactive ketones (excluding diaryl/α,β-unsaturated/α-hetero) is 4. The number of benzene rings is 2. The Kier molecular flexibility index (Phi) is 5.08. The maximum atomic E-state index is 13.4. The van der Waals surface area contributed by atoms with Crippen molar-refractivity contribution >= 4 is 44.9 Å². The first-order chi connectivity index (χ1) is 15.9. The standard InChI is InChI=1S/C27H24N2O4/c1-14(2)11-12-20-21(16-8-4-6-10-19(16)29-20)23-26(32)24(30)22(25(31)27(23)33)17-13-28-18-9-5-3-7-15(17)18/h3-10,13-14,22-23,28-29H,11-12H2,1-2H3. The second kappa shape index (κ2) is 7.96. The molecule has 1 aliphatic rings. The molecule has 0 radical (unpaired) electrons. The third kappa shape index (κ3) is 3.33. The molecule has 33 heavy (non-hydrogen) atoms. The predicted molar refractivity (Wildman–Crippen MR) is 125 cm³/mol. The Morgan fingerprint density at radius 3 is 2.00 bits per heavy atom. The molecule has 1 aliphatic carbocycles. The van der Waals surface area contributed by atoms with Crippen molar-refractivity contribution in [3.63, 3.8) is 0 Å². The minimum absolute atomic E-state index is 0.375. The summed E-state index contributed by atoms with van der Waals surface area (Å²) in [4.78, 5) is 59.8. The normalized spacial score (nSPS) is 19.4. The summed E-state index contributed by atoms with van der Waals surface area (Å²) in [5.74, 6) is -5.66. The van der Waals surface area contributed by atoms with Crippen LogP contribution >= 0.6 is 0 Å². The Hall–Kier alpha value is -3.80. The first-order valence-corrected chi connectivity index (χ1v) is 11.2. The zero-order chi connectivity index (χ0) is 23.3. The van der Waals surface area contributed by atoms with E-state index in [1.807, 2.05) is 36.4 Å². The highest BCUT2D eigenvalue weighted by Gasteiger charge is 2.51. The predicted octanol–water partition coefficient (Wildman–Crippen LogP) is 4.40. The van der Waals surface area contributed by atoms with Crippen LogP contribution in [-0.2, 0) is 25.6 Å². The molecule has 6 nitrogen and oxygen atoms in total. The average molecular weight is 440 g/mol. The molecule has 2 aromatic carbocycles. The second-order valence-corrected chi connectivity index (χ2v) is 9.11. The van der Waals surface area contributed by atoms with Crippen molar-refractivity contribution in [3.05, 3.63) is 71.5 Å². The lowest BCUT2D eigenvalue weighted by atomic mass is 9.72. The molecule has 6 heteroatoms. The van der Waals surface area contributed by atoms with E-state index in [1.165, 1.54) is 0 Å². The van der Waals surface area contributed by atoms with Crippen molar-refractivity contribution in [1.82, 2.24) is 9.97 Å². The van der Waals surface area contributed by atoms with E-state index in [1.54, 1.807) is 18.3 Å². The van der Waals surface area contributed by atoms with Gasteiger partial charge in [0.05, 0.1) is 0 Å². The van der Waals surface area contributed by atoms with Crippen molar-refractivity contribution in [2.24, 2.45) is 5.92 Å². The summed E-state index contributed by atoms with van der Waals surface area (Å²) in [6.07, 6.45) is 3.01. The maximum Gasteiger partial charge on any atom is 0.214 e. The van der Waals surface area contributed by atoms with E-state index in [0.29, 0.717) is 34.2 Å². The highest BCUT2D eigenvalue weighted by atomic mass is 16.2. The van der Waals surface area contributed by atoms with E-state index < -0.39 is 35.0 Å². The van der Waals surface area contributed by atoms with Gasteiger partial charge in [-0.1, -0.05) is 50.2 Å². The van der Waals surface area contributed by atoms with Crippen molar-refractivity contribution in [1.29, 1.82) is 0 Å². The first kappa shape index (κ1) is 21.1. The van der Waals surface area contributed by atoms with Crippen molar-refractivity contribution in [2.75, 3.05) is 0 Å². The summed E-state index contributed by atoms with van der Waals surface area (Å²) in [6, 6.07) is 14.6. The molecule has 0 bridgehead atoms. The number of H-pyrrole nitrogens is 2. The highest BCUT2D eigenvalue weighted by molar-refractivity contribution is 6.64. The van der Waals surface area contributed by atoms with Crippen LogP contribution < -0.4 is 0 Å². The van der Waals surface area contributed by atoms with Gasteiger partial charge in [-0.2, -0.15) is 0 Å². The van der Waals surface area contributed by atoms with Crippen molar-refractivity contribution < 1.29 is 19.2 Å². The number of hydrogen-bond donors (Lipinski definition) is 2. The van der Waals surface area contributed by atoms with Gasteiger partial charge in [0.1, 0.15) is 11.8 Å². The highest BCUT2D eigenvalue weighted by Crippen LogP contribution is 2.39. The fraction of sp³-hybridized carbons (Fsp3) is 0.259. The summed E-state index contributed by atoms with van der Waals surface area (Å²) in [5, 5.41) is 1.36. The summed E-state index contributed by atoms with van der Waals surface area (Å²) in [6.45, 7) is 4.19. The fourth-order valence-electron chi connectivity index (χ4n) is 4.86. The molecule has 1 saturated carbocycles. The Balaban J connectivity index is 1.61. The third-order valence-electron chi connectivity index (χ3n) is 6.55. The molecule has 2 N–H and O–H groups in total. The Morgan fingerprint density at radius 1 is 0.758 bits per heavy atom. The Labute approximate surface area is 190 Å². The number of aryl methyl sites for hydroxylation is 1. The average Bonchev–Trinajstić information content (AvgIpc) is 3.39. The maximum absolute atomic E-state index is 13.4. The lowest BCUT2D eigenvalue weighted by molar-refractivity contribution is -0.150. The van der Waals surface area contributed by atoms with E-state index in [-0.39, 0.29) is 0 Å². The number of fused-ring (bicyclic) bond motifs is 2. The Morgan fingerprint density at radius 2 is 1.33 bits per heavy atom. The van der Waals surface area contributed by atoms with Gasteiger partial charge in [0, 0.05) is 33.7 Å². The first-order valence-electron chi connectivity index (χ1n) is 11.2. The molecule has 5 rings (SSSR count). The van der Waals surface area contributed by atoms with E-state index in [0.717, 1.165) is 23.1 Å². The van der Waals surface area contributed by atoms with Gasteiger partial charge in [0.25, 0.3) is 0 Å². The lowest BCUT2D eigenvalue weighted by Gasteiger charge is -2.24. The van der Waals surface area contributed by atoms with Gasteiger partial charge in [-0.3, -0.25) is 19.2 Å². The van der Waals surface area contributed by atoms with Crippen molar-refractivity contribution in [2.45, 2.75) is 38.5 Å². The molecule has 0 amide bonds. The molecule has 0 aliphatic heterocycles. The molecule has 2 heterocycles. The smallest absolute Gasteiger partial charge is 0.214 e.